The van der Waals surface area contributed by atoms with E-state index in [0.717, 1.165) is 5.56 Å². The summed E-state index contributed by atoms with van der Waals surface area (Å²) in [4.78, 5) is 3.93. The van der Waals surface area contributed by atoms with Gasteiger partial charge in [0, 0.05) is 19.2 Å². The van der Waals surface area contributed by atoms with Crippen molar-refractivity contribution in [2.45, 2.75) is 25.6 Å². The first kappa shape index (κ1) is 18.9. The molecular formula is C15H22F3N3O2. The molecular weight excluding hydrogens is 311 g/mol. The number of benzene rings is 1. The lowest BCUT2D eigenvalue weighted by Crippen LogP contribution is -2.40. The number of ether oxygens (including phenoxy) is 2. The molecule has 0 aliphatic heterocycles. The van der Waals surface area contributed by atoms with Crippen molar-refractivity contribution in [3.05, 3.63) is 23.8 Å². The van der Waals surface area contributed by atoms with Crippen LogP contribution in [0.15, 0.2) is 23.2 Å². The van der Waals surface area contributed by atoms with Crippen LogP contribution in [0.3, 0.4) is 0 Å². The minimum atomic E-state index is -4.20. The lowest BCUT2D eigenvalue weighted by Gasteiger charge is -2.21. The molecule has 1 aromatic carbocycles. The van der Waals surface area contributed by atoms with Gasteiger partial charge in [-0.05, 0) is 25.1 Å². The van der Waals surface area contributed by atoms with Gasteiger partial charge in [0.2, 0.25) is 0 Å². The zero-order valence-corrected chi connectivity index (χ0v) is 13.6. The molecule has 0 spiro atoms. The molecule has 0 aliphatic carbocycles. The molecule has 0 aromatic heterocycles. The lowest BCUT2D eigenvalue weighted by molar-refractivity contribution is -0.132. The second kappa shape index (κ2) is 8.50. The number of aliphatic imine (C=N–C) groups is 1. The molecule has 23 heavy (non-hydrogen) atoms. The summed E-state index contributed by atoms with van der Waals surface area (Å²) >= 11 is 0. The molecule has 0 fully saturated rings. The Morgan fingerprint density at radius 2 is 1.96 bits per heavy atom. The molecule has 0 bridgehead atoms. The van der Waals surface area contributed by atoms with E-state index in [1.807, 2.05) is 6.92 Å². The second-order valence-corrected chi connectivity index (χ2v) is 4.84. The monoisotopic (exact) mass is 333 g/mol. The number of alkyl halides is 3. The van der Waals surface area contributed by atoms with Gasteiger partial charge in [-0.25, -0.2) is 0 Å². The third-order valence-corrected chi connectivity index (χ3v) is 3.18. The van der Waals surface area contributed by atoms with Crippen LogP contribution in [-0.2, 0) is 0 Å². The summed E-state index contributed by atoms with van der Waals surface area (Å²) in [6, 6.07) is 5.11. The molecule has 0 heterocycles. The normalized spacial score (nSPS) is 13.4. The Morgan fingerprint density at radius 3 is 2.48 bits per heavy atom. The Bertz CT molecular complexity index is 533. The molecule has 1 aromatic rings. The van der Waals surface area contributed by atoms with Crippen LogP contribution in [0, 0.1) is 0 Å². The van der Waals surface area contributed by atoms with Gasteiger partial charge in [-0.3, -0.25) is 4.99 Å². The van der Waals surface area contributed by atoms with Crippen molar-refractivity contribution in [1.29, 1.82) is 0 Å². The Hall–Kier alpha value is -2.12. The number of methoxy groups -OCH3 is 2. The standard InChI is InChI=1S/C15H22F3N3O2/c1-10(12-9-11(22-3)5-6-13(12)23-4)21-14(19-2)20-8-7-15(16,17)18/h5-6,9-10H,7-8H2,1-4H3,(H2,19,20,21). The van der Waals surface area contributed by atoms with Crippen molar-refractivity contribution in [2.24, 2.45) is 4.99 Å². The molecule has 0 saturated heterocycles. The molecule has 5 nitrogen and oxygen atoms in total. The van der Waals surface area contributed by atoms with Gasteiger partial charge in [0.25, 0.3) is 0 Å². The van der Waals surface area contributed by atoms with E-state index in [0.29, 0.717) is 11.5 Å². The maximum absolute atomic E-state index is 12.2. The van der Waals surface area contributed by atoms with Gasteiger partial charge < -0.3 is 20.1 Å². The number of halogens is 3. The van der Waals surface area contributed by atoms with Crippen LogP contribution in [0.1, 0.15) is 24.9 Å². The first-order valence-corrected chi connectivity index (χ1v) is 7.06. The van der Waals surface area contributed by atoms with Crippen LogP contribution in [0.4, 0.5) is 13.2 Å². The first-order chi connectivity index (χ1) is 10.8. The van der Waals surface area contributed by atoms with Crippen molar-refractivity contribution in [1.82, 2.24) is 10.6 Å². The average Bonchev–Trinajstić information content (AvgIpc) is 2.51. The van der Waals surface area contributed by atoms with Crippen LogP contribution >= 0.6 is 0 Å². The van der Waals surface area contributed by atoms with E-state index in [-0.39, 0.29) is 18.5 Å². The molecule has 0 radical (unpaired) electrons. The van der Waals surface area contributed by atoms with E-state index in [1.54, 1.807) is 32.4 Å². The van der Waals surface area contributed by atoms with Gasteiger partial charge in [-0.2, -0.15) is 13.2 Å². The van der Waals surface area contributed by atoms with E-state index in [4.69, 9.17) is 9.47 Å². The van der Waals surface area contributed by atoms with E-state index < -0.39 is 12.6 Å². The lowest BCUT2D eigenvalue weighted by atomic mass is 10.1. The molecule has 0 saturated carbocycles. The Morgan fingerprint density at radius 1 is 1.26 bits per heavy atom. The third kappa shape index (κ3) is 6.25. The van der Waals surface area contributed by atoms with Gasteiger partial charge in [-0.1, -0.05) is 0 Å². The maximum atomic E-state index is 12.2. The molecule has 1 atom stereocenters. The molecule has 1 unspecified atom stereocenters. The minimum absolute atomic E-state index is 0.239. The number of rotatable bonds is 6. The zero-order chi connectivity index (χ0) is 17.5. The average molecular weight is 333 g/mol. The van der Waals surface area contributed by atoms with Crippen molar-refractivity contribution >= 4 is 5.96 Å². The molecule has 0 aliphatic rings. The van der Waals surface area contributed by atoms with Gasteiger partial charge in [0.05, 0.1) is 26.7 Å². The van der Waals surface area contributed by atoms with E-state index in [2.05, 4.69) is 15.6 Å². The van der Waals surface area contributed by atoms with E-state index in [1.165, 1.54) is 7.05 Å². The summed E-state index contributed by atoms with van der Waals surface area (Å²) in [7, 11) is 4.61. The van der Waals surface area contributed by atoms with Gasteiger partial charge in [0.1, 0.15) is 11.5 Å². The fourth-order valence-electron chi connectivity index (χ4n) is 1.98. The van der Waals surface area contributed by atoms with Crippen molar-refractivity contribution in [2.75, 3.05) is 27.8 Å². The highest BCUT2D eigenvalue weighted by molar-refractivity contribution is 5.80. The van der Waals surface area contributed by atoms with Crippen LogP contribution in [0.5, 0.6) is 11.5 Å². The fraction of sp³-hybridized carbons (Fsp3) is 0.533. The SMILES string of the molecule is CN=C(NCCC(F)(F)F)NC(C)c1cc(OC)ccc1OC. The molecule has 2 N–H and O–H groups in total. The molecule has 8 heteroatoms. The second-order valence-electron chi connectivity index (χ2n) is 4.84. The van der Waals surface area contributed by atoms with Gasteiger partial charge >= 0.3 is 6.18 Å². The van der Waals surface area contributed by atoms with E-state index >= 15 is 0 Å². The topological polar surface area (TPSA) is 54.9 Å². The summed E-state index contributed by atoms with van der Waals surface area (Å²) in [5.41, 5.74) is 0.811. The summed E-state index contributed by atoms with van der Waals surface area (Å²) in [5.74, 6) is 1.60. The predicted octanol–water partition coefficient (Wildman–Crippen LogP) is 2.88. The Kier molecular flexibility index (Phi) is 6.99. The Labute approximate surface area is 133 Å². The summed E-state index contributed by atoms with van der Waals surface area (Å²) in [5, 5.41) is 5.67. The third-order valence-electron chi connectivity index (χ3n) is 3.18. The highest BCUT2D eigenvalue weighted by Crippen LogP contribution is 2.29. The largest absolute Gasteiger partial charge is 0.497 e. The van der Waals surface area contributed by atoms with Crippen molar-refractivity contribution in [3.63, 3.8) is 0 Å². The van der Waals surface area contributed by atoms with E-state index in [9.17, 15) is 13.2 Å². The maximum Gasteiger partial charge on any atom is 0.390 e. The number of hydrogen-bond donors (Lipinski definition) is 2. The van der Waals surface area contributed by atoms with Crippen LogP contribution in [0.25, 0.3) is 0 Å². The Balaban J connectivity index is 2.75. The number of nitrogens with zero attached hydrogens (tertiary/aromatic N) is 1. The van der Waals surface area contributed by atoms with Crippen molar-refractivity contribution < 1.29 is 22.6 Å². The molecule has 1 rings (SSSR count). The van der Waals surface area contributed by atoms with Crippen LogP contribution < -0.4 is 20.1 Å². The van der Waals surface area contributed by atoms with Crippen LogP contribution in [0.2, 0.25) is 0 Å². The summed E-state index contributed by atoms with van der Waals surface area (Å²) < 4.78 is 47.1. The molecule has 0 amide bonds. The van der Waals surface area contributed by atoms with Gasteiger partial charge in [0.15, 0.2) is 5.96 Å². The quantitative estimate of drug-likeness (QED) is 0.621. The predicted molar refractivity (Wildman–Crippen MR) is 83.1 cm³/mol. The summed E-state index contributed by atoms with van der Waals surface area (Å²) in [6.07, 6.45) is -5.13. The van der Waals surface area contributed by atoms with Crippen molar-refractivity contribution in [3.8, 4) is 11.5 Å². The smallest absolute Gasteiger partial charge is 0.390 e. The van der Waals surface area contributed by atoms with Crippen LogP contribution in [-0.4, -0.2) is 39.9 Å². The van der Waals surface area contributed by atoms with Gasteiger partial charge in [-0.15, -0.1) is 0 Å². The number of guanidine groups is 1. The summed E-state index contributed by atoms with van der Waals surface area (Å²) in [6.45, 7) is 1.61. The molecule has 130 valence electrons. The zero-order valence-electron chi connectivity index (χ0n) is 13.6. The first-order valence-electron chi connectivity index (χ1n) is 7.06. The highest BCUT2D eigenvalue weighted by atomic mass is 19.4. The number of nitrogens with one attached hydrogen (secondary N) is 2. The highest BCUT2D eigenvalue weighted by Gasteiger charge is 2.26. The fourth-order valence-corrected chi connectivity index (χ4v) is 1.98. The number of hydrogen-bond acceptors (Lipinski definition) is 3. The minimum Gasteiger partial charge on any atom is -0.497 e.